The van der Waals surface area contributed by atoms with Gasteiger partial charge in [-0.2, -0.15) is 19.3 Å². The number of nitrogens with zero attached hydrogens (tertiary/aromatic N) is 5. The molecule has 1 aliphatic rings. The standard InChI is InChI=1S/C17H10ClF2N6O2/c18-9-2-3-13(28-17(19)20)10(6-9)14-12(8-22-25-14)24-16(27)11-7-23-26-5-1-4-21-15(11)26/h1-8,17H,(H,24,27). The van der Waals surface area contributed by atoms with Crippen LogP contribution in [0.3, 0.4) is 0 Å². The molecule has 0 saturated carbocycles. The number of ether oxygens (including phenoxy) is 1. The number of carbonyl (C=O) groups is 1. The maximum Gasteiger partial charge on any atom is 0.387 e. The average molecular weight is 404 g/mol. The summed E-state index contributed by atoms with van der Waals surface area (Å²) in [5, 5.41) is 10.9. The van der Waals surface area contributed by atoms with Crippen LogP contribution in [0, 0.1) is 0 Å². The fraction of sp³-hybridized carbons (Fsp3) is 0.0588. The van der Waals surface area contributed by atoms with Gasteiger partial charge in [0.25, 0.3) is 5.91 Å². The minimum absolute atomic E-state index is 0.135. The molecular formula is C17H10ClF2N6O2. The molecule has 0 atom stereocenters. The van der Waals surface area contributed by atoms with Crippen LogP contribution in [0.1, 0.15) is 15.9 Å². The van der Waals surface area contributed by atoms with Crippen LogP contribution in [0.5, 0.6) is 5.75 Å². The summed E-state index contributed by atoms with van der Waals surface area (Å²) >= 11 is 5.98. The topological polar surface area (TPSA) is 95.0 Å². The van der Waals surface area contributed by atoms with Gasteiger partial charge in [-0.05, 0) is 24.3 Å². The van der Waals surface area contributed by atoms with Crippen LogP contribution in [0.15, 0.2) is 59.9 Å². The largest absolute Gasteiger partial charge is 0.434 e. The van der Waals surface area contributed by atoms with E-state index in [1.165, 1.54) is 41.3 Å². The minimum atomic E-state index is -3.04. The predicted octanol–water partition coefficient (Wildman–Crippen LogP) is 2.58. The number of halogens is 3. The molecule has 1 aromatic carbocycles. The van der Waals surface area contributed by atoms with E-state index < -0.39 is 12.5 Å². The van der Waals surface area contributed by atoms with E-state index in [-0.39, 0.29) is 33.3 Å². The molecular weight excluding hydrogens is 394 g/mol. The Balaban J connectivity index is 1.63. The molecule has 3 heterocycles. The second-order valence-corrected chi connectivity index (χ2v) is 5.96. The van der Waals surface area contributed by atoms with E-state index in [4.69, 9.17) is 11.6 Å². The highest BCUT2D eigenvalue weighted by molar-refractivity contribution is 6.31. The lowest BCUT2D eigenvalue weighted by atomic mass is 10.1. The zero-order valence-corrected chi connectivity index (χ0v) is 14.6. The summed E-state index contributed by atoms with van der Waals surface area (Å²) in [6.45, 7) is -3.04. The van der Waals surface area contributed by atoms with E-state index in [0.29, 0.717) is 5.65 Å². The maximum absolute atomic E-state index is 12.7. The van der Waals surface area contributed by atoms with Gasteiger partial charge in [0.2, 0.25) is 0 Å². The number of carbonyl (C=O) groups excluding carboxylic acids is 1. The number of nitrogens with one attached hydrogen (secondary N) is 1. The fourth-order valence-electron chi connectivity index (χ4n) is 2.61. The third kappa shape index (κ3) is 3.37. The van der Waals surface area contributed by atoms with Crippen LogP contribution in [0.25, 0.3) is 5.65 Å². The molecule has 0 unspecified atom stereocenters. The van der Waals surface area contributed by atoms with Gasteiger partial charge < -0.3 is 10.1 Å². The van der Waals surface area contributed by atoms with Crippen molar-refractivity contribution in [2.75, 3.05) is 0 Å². The van der Waals surface area contributed by atoms with Gasteiger partial charge in [-0.1, -0.05) is 11.6 Å². The molecule has 0 spiro atoms. The molecule has 8 nitrogen and oxygen atoms in total. The first-order valence-corrected chi connectivity index (χ1v) is 8.23. The van der Waals surface area contributed by atoms with Gasteiger partial charge in [0.1, 0.15) is 17.0 Å². The van der Waals surface area contributed by atoms with Gasteiger partial charge in [0.15, 0.2) is 5.65 Å². The van der Waals surface area contributed by atoms with Crippen LogP contribution in [-0.4, -0.2) is 32.8 Å². The molecule has 11 heteroatoms. The lowest BCUT2D eigenvalue weighted by molar-refractivity contribution is -0.0499. The Morgan fingerprint density at radius 3 is 3.00 bits per heavy atom. The first kappa shape index (κ1) is 17.9. The van der Waals surface area contributed by atoms with Gasteiger partial charge >= 0.3 is 6.61 Å². The third-order valence-electron chi connectivity index (χ3n) is 3.78. The number of rotatable bonds is 5. The van der Waals surface area contributed by atoms with Gasteiger partial charge in [-0.15, -0.1) is 5.10 Å². The fourth-order valence-corrected chi connectivity index (χ4v) is 2.78. The molecule has 28 heavy (non-hydrogen) atoms. The molecule has 0 aliphatic carbocycles. The highest BCUT2D eigenvalue weighted by Crippen LogP contribution is 2.28. The van der Waals surface area contributed by atoms with Gasteiger partial charge in [0, 0.05) is 23.0 Å². The van der Waals surface area contributed by atoms with E-state index in [1.54, 1.807) is 12.3 Å². The molecule has 1 aliphatic heterocycles. The quantitative estimate of drug-likeness (QED) is 0.708. The van der Waals surface area contributed by atoms with Crippen molar-refractivity contribution in [3.05, 3.63) is 70.9 Å². The van der Waals surface area contributed by atoms with Crippen molar-refractivity contribution in [1.82, 2.24) is 25.3 Å². The van der Waals surface area contributed by atoms with E-state index in [0.717, 1.165) is 0 Å². The Morgan fingerprint density at radius 2 is 2.18 bits per heavy atom. The third-order valence-corrected chi connectivity index (χ3v) is 4.02. The molecule has 4 rings (SSSR count). The zero-order valence-electron chi connectivity index (χ0n) is 13.9. The molecule has 3 aromatic rings. The van der Waals surface area contributed by atoms with Gasteiger partial charge in [-0.3, -0.25) is 4.79 Å². The number of allylic oxidation sites excluding steroid dienone is 1. The summed E-state index contributed by atoms with van der Waals surface area (Å²) in [4.78, 5) is 16.8. The Kier molecular flexibility index (Phi) is 4.62. The highest BCUT2D eigenvalue weighted by atomic mass is 35.5. The Labute approximate surface area is 161 Å². The zero-order chi connectivity index (χ0) is 19.7. The van der Waals surface area contributed by atoms with Gasteiger partial charge in [0.05, 0.1) is 18.1 Å². The average Bonchev–Trinajstić information content (AvgIpc) is 3.29. The van der Waals surface area contributed by atoms with Crippen LogP contribution in [0.2, 0.25) is 5.02 Å². The maximum atomic E-state index is 12.7. The number of benzene rings is 1. The smallest absolute Gasteiger partial charge is 0.387 e. The van der Waals surface area contributed by atoms with E-state index in [1.807, 2.05) is 0 Å². The molecule has 141 valence electrons. The molecule has 0 saturated heterocycles. The lowest BCUT2D eigenvalue weighted by Crippen LogP contribution is -2.27. The number of hydrogen-bond acceptors (Lipinski definition) is 5. The van der Waals surface area contributed by atoms with Gasteiger partial charge in [-0.25, -0.2) is 9.50 Å². The summed E-state index contributed by atoms with van der Waals surface area (Å²) in [7, 11) is 0. The summed E-state index contributed by atoms with van der Waals surface area (Å²) in [5.41, 5.74) is 4.84. The number of fused-ring (bicyclic) bond motifs is 1. The lowest BCUT2D eigenvalue weighted by Gasteiger charge is -2.13. The second kappa shape index (κ2) is 7.24. The second-order valence-electron chi connectivity index (χ2n) is 5.53. The molecule has 1 radical (unpaired) electrons. The summed E-state index contributed by atoms with van der Waals surface area (Å²) in [5.74, 6) is -0.656. The van der Waals surface area contributed by atoms with Crippen molar-refractivity contribution in [1.29, 1.82) is 0 Å². The highest BCUT2D eigenvalue weighted by Gasteiger charge is 2.24. The Morgan fingerprint density at radius 1 is 1.32 bits per heavy atom. The first-order chi connectivity index (χ1) is 13.5. The Bertz CT molecular complexity index is 1130. The van der Waals surface area contributed by atoms with Crippen LogP contribution < -0.4 is 15.5 Å². The molecule has 1 N–H and O–H groups in total. The number of alkyl halides is 2. The molecule has 0 bridgehead atoms. The molecule has 0 fully saturated rings. The van der Waals surface area contributed by atoms with Crippen molar-refractivity contribution in [3.63, 3.8) is 0 Å². The van der Waals surface area contributed by atoms with Crippen molar-refractivity contribution in [2.24, 2.45) is 5.10 Å². The first-order valence-electron chi connectivity index (χ1n) is 7.86. The summed E-state index contributed by atoms with van der Waals surface area (Å²) in [6.07, 6.45) is 5.84. The molecule has 2 aromatic heterocycles. The van der Waals surface area contributed by atoms with Crippen LogP contribution >= 0.6 is 11.6 Å². The minimum Gasteiger partial charge on any atom is -0.434 e. The normalized spacial score (nSPS) is 13.3. The Hall–Kier alpha value is -3.53. The van der Waals surface area contributed by atoms with Crippen molar-refractivity contribution in [3.8, 4) is 5.75 Å². The number of amides is 1. The monoisotopic (exact) mass is 403 g/mol. The van der Waals surface area contributed by atoms with Crippen molar-refractivity contribution < 1.29 is 18.3 Å². The number of hydrogen-bond donors (Lipinski definition) is 1. The summed E-state index contributed by atoms with van der Waals surface area (Å²) in [6, 6.07) is 5.77. The van der Waals surface area contributed by atoms with Crippen molar-refractivity contribution >= 4 is 28.9 Å². The summed E-state index contributed by atoms with van der Waals surface area (Å²) < 4.78 is 31.4. The predicted molar refractivity (Wildman–Crippen MR) is 95.3 cm³/mol. The van der Waals surface area contributed by atoms with E-state index >= 15 is 0 Å². The van der Waals surface area contributed by atoms with E-state index in [9.17, 15) is 13.6 Å². The van der Waals surface area contributed by atoms with Crippen LogP contribution in [0.4, 0.5) is 8.78 Å². The van der Waals surface area contributed by atoms with Crippen molar-refractivity contribution in [2.45, 2.75) is 6.61 Å². The SMILES string of the molecule is O=C(NC1=C[N]N=C1c1cc(Cl)ccc1OC(F)F)c1cnn2cccnc12. The number of aromatic nitrogens is 3. The molecule has 1 amide bonds. The van der Waals surface area contributed by atoms with Crippen LogP contribution in [-0.2, 0) is 0 Å². The van der Waals surface area contributed by atoms with E-state index in [2.05, 4.69) is 30.7 Å².